The molecule has 14 heavy (non-hydrogen) atoms. The predicted octanol–water partition coefficient (Wildman–Crippen LogP) is 1.38. The molecule has 3 heteroatoms. The highest BCUT2D eigenvalue weighted by atomic mass is 16.3. The standard InChI is InChI=1S/C11H20N2O/c1-2-11(3-6-12)13-7-4-10(9-13)5-8-14/h10-11,14H,2-5,7-9H2,1H3. The molecule has 1 N–H and O–H groups in total. The van der Waals surface area contributed by atoms with Crippen LogP contribution in [0.3, 0.4) is 0 Å². The number of likely N-dealkylation sites (tertiary alicyclic amines) is 1. The minimum atomic E-state index is 0.299. The lowest BCUT2D eigenvalue weighted by Gasteiger charge is -2.24. The van der Waals surface area contributed by atoms with Crippen molar-refractivity contribution in [3.05, 3.63) is 0 Å². The molecule has 0 aromatic heterocycles. The first-order valence-corrected chi connectivity index (χ1v) is 5.53. The Bertz CT molecular complexity index is 200. The predicted molar refractivity (Wildman–Crippen MR) is 55.7 cm³/mol. The summed E-state index contributed by atoms with van der Waals surface area (Å²) in [5.74, 6) is 0.646. The topological polar surface area (TPSA) is 47.3 Å². The molecule has 0 amide bonds. The monoisotopic (exact) mass is 196 g/mol. The van der Waals surface area contributed by atoms with Gasteiger partial charge in [0.2, 0.25) is 0 Å². The summed E-state index contributed by atoms with van der Waals surface area (Å²) >= 11 is 0. The fraction of sp³-hybridized carbons (Fsp3) is 0.909. The van der Waals surface area contributed by atoms with Crippen LogP contribution in [0.25, 0.3) is 0 Å². The van der Waals surface area contributed by atoms with Gasteiger partial charge in [-0.05, 0) is 31.7 Å². The molecule has 0 spiro atoms. The van der Waals surface area contributed by atoms with Crippen molar-refractivity contribution in [1.29, 1.82) is 5.26 Å². The summed E-state index contributed by atoms with van der Waals surface area (Å²) < 4.78 is 0. The summed E-state index contributed by atoms with van der Waals surface area (Å²) in [5, 5.41) is 17.5. The van der Waals surface area contributed by atoms with Gasteiger partial charge >= 0.3 is 0 Å². The van der Waals surface area contributed by atoms with E-state index in [1.807, 2.05) is 0 Å². The first-order valence-electron chi connectivity index (χ1n) is 5.53. The molecule has 80 valence electrons. The van der Waals surface area contributed by atoms with E-state index in [9.17, 15) is 0 Å². The Morgan fingerprint density at radius 2 is 2.43 bits per heavy atom. The highest BCUT2D eigenvalue weighted by molar-refractivity contribution is 4.86. The van der Waals surface area contributed by atoms with Crippen LogP contribution in [0.5, 0.6) is 0 Å². The minimum absolute atomic E-state index is 0.299. The van der Waals surface area contributed by atoms with Gasteiger partial charge < -0.3 is 5.11 Å². The molecule has 1 saturated heterocycles. The number of nitriles is 1. The average Bonchev–Trinajstić information content (AvgIpc) is 2.63. The lowest BCUT2D eigenvalue weighted by molar-refractivity contribution is 0.215. The van der Waals surface area contributed by atoms with Crippen LogP contribution in [-0.2, 0) is 0 Å². The fourth-order valence-corrected chi connectivity index (χ4v) is 2.25. The molecule has 0 saturated carbocycles. The zero-order valence-electron chi connectivity index (χ0n) is 8.95. The molecule has 2 unspecified atom stereocenters. The maximum atomic E-state index is 8.84. The summed E-state index contributed by atoms with van der Waals surface area (Å²) in [7, 11) is 0. The molecule has 1 aliphatic rings. The third-order valence-electron chi connectivity index (χ3n) is 3.17. The van der Waals surface area contributed by atoms with Crippen molar-refractivity contribution in [1.82, 2.24) is 4.90 Å². The lowest BCUT2D eigenvalue weighted by atomic mass is 10.1. The second-order valence-corrected chi connectivity index (χ2v) is 4.09. The van der Waals surface area contributed by atoms with Crippen LogP contribution in [0, 0.1) is 17.2 Å². The zero-order valence-corrected chi connectivity index (χ0v) is 8.95. The van der Waals surface area contributed by atoms with Crippen molar-refractivity contribution in [2.75, 3.05) is 19.7 Å². The molecule has 1 aliphatic heterocycles. The average molecular weight is 196 g/mol. The van der Waals surface area contributed by atoms with E-state index in [0.29, 0.717) is 25.0 Å². The van der Waals surface area contributed by atoms with Gasteiger partial charge in [-0.15, -0.1) is 0 Å². The first-order chi connectivity index (χ1) is 6.81. The summed E-state index contributed by atoms with van der Waals surface area (Å²) in [5.41, 5.74) is 0. The number of aliphatic hydroxyl groups is 1. The normalized spacial score (nSPS) is 24.8. The summed E-state index contributed by atoms with van der Waals surface area (Å²) in [6.45, 7) is 4.61. The van der Waals surface area contributed by atoms with Crippen molar-refractivity contribution in [2.45, 2.75) is 38.6 Å². The van der Waals surface area contributed by atoms with Crippen LogP contribution < -0.4 is 0 Å². The van der Waals surface area contributed by atoms with Gasteiger partial charge in [0.05, 0.1) is 12.5 Å². The lowest BCUT2D eigenvalue weighted by Crippen LogP contribution is -2.32. The maximum absolute atomic E-state index is 8.84. The number of hydrogen-bond donors (Lipinski definition) is 1. The zero-order chi connectivity index (χ0) is 10.4. The van der Waals surface area contributed by atoms with E-state index in [4.69, 9.17) is 10.4 Å². The van der Waals surface area contributed by atoms with Crippen LogP contribution in [0.4, 0.5) is 0 Å². The summed E-state index contributed by atoms with van der Waals surface area (Å²) in [6, 6.07) is 2.69. The molecule has 1 rings (SSSR count). The second kappa shape index (κ2) is 6.00. The molecule has 1 fully saturated rings. The van der Waals surface area contributed by atoms with Gasteiger partial charge in [-0.1, -0.05) is 6.92 Å². The van der Waals surface area contributed by atoms with Crippen molar-refractivity contribution < 1.29 is 5.11 Å². The molecule has 0 aromatic carbocycles. The van der Waals surface area contributed by atoms with E-state index in [2.05, 4.69) is 17.9 Å². The highest BCUT2D eigenvalue weighted by Crippen LogP contribution is 2.23. The van der Waals surface area contributed by atoms with Crippen LogP contribution in [0.2, 0.25) is 0 Å². The number of nitrogens with zero attached hydrogens (tertiary/aromatic N) is 2. The van der Waals surface area contributed by atoms with E-state index < -0.39 is 0 Å². The molecule has 0 aromatic rings. The molecule has 0 aliphatic carbocycles. The first kappa shape index (κ1) is 11.5. The molecule has 2 atom stereocenters. The van der Waals surface area contributed by atoms with E-state index >= 15 is 0 Å². The number of aliphatic hydroxyl groups excluding tert-OH is 1. The SMILES string of the molecule is CCC(CC#N)N1CCC(CCO)C1. The van der Waals surface area contributed by atoms with Crippen molar-refractivity contribution in [3.63, 3.8) is 0 Å². The highest BCUT2D eigenvalue weighted by Gasteiger charge is 2.26. The fourth-order valence-electron chi connectivity index (χ4n) is 2.25. The quantitative estimate of drug-likeness (QED) is 0.722. The molecule has 1 heterocycles. The Kier molecular flexibility index (Phi) is 4.92. The largest absolute Gasteiger partial charge is 0.396 e. The number of hydrogen-bond acceptors (Lipinski definition) is 3. The third-order valence-corrected chi connectivity index (χ3v) is 3.17. The van der Waals surface area contributed by atoms with Gasteiger partial charge in [0.1, 0.15) is 0 Å². The molecular weight excluding hydrogens is 176 g/mol. The van der Waals surface area contributed by atoms with Gasteiger partial charge in [-0.2, -0.15) is 5.26 Å². The Hall–Kier alpha value is -0.590. The maximum Gasteiger partial charge on any atom is 0.0638 e. The molecule has 3 nitrogen and oxygen atoms in total. The third kappa shape index (κ3) is 2.97. The van der Waals surface area contributed by atoms with Crippen molar-refractivity contribution >= 4 is 0 Å². The van der Waals surface area contributed by atoms with E-state index in [0.717, 1.165) is 25.9 Å². The van der Waals surface area contributed by atoms with Gasteiger partial charge in [0, 0.05) is 19.2 Å². The Balaban J connectivity index is 2.35. The molecule has 0 bridgehead atoms. The van der Waals surface area contributed by atoms with Crippen LogP contribution >= 0.6 is 0 Å². The Morgan fingerprint density at radius 3 is 3.00 bits per heavy atom. The summed E-state index contributed by atoms with van der Waals surface area (Å²) in [6.07, 6.45) is 3.80. The Labute approximate surface area is 86.3 Å². The summed E-state index contributed by atoms with van der Waals surface area (Å²) in [4.78, 5) is 2.41. The van der Waals surface area contributed by atoms with Gasteiger partial charge in [-0.3, -0.25) is 4.90 Å². The minimum Gasteiger partial charge on any atom is -0.396 e. The number of rotatable bonds is 5. The Morgan fingerprint density at radius 1 is 1.64 bits per heavy atom. The second-order valence-electron chi connectivity index (χ2n) is 4.09. The van der Waals surface area contributed by atoms with E-state index in [1.165, 1.54) is 6.42 Å². The van der Waals surface area contributed by atoms with Crippen molar-refractivity contribution in [3.8, 4) is 6.07 Å². The van der Waals surface area contributed by atoms with E-state index in [1.54, 1.807) is 0 Å². The van der Waals surface area contributed by atoms with Crippen LogP contribution in [0.1, 0.15) is 32.6 Å². The van der Waals surface area contributed by atoms with Crippen LogP contribution in [0.15, 0.2) is 0 Å². The van der Waals surface area contributed by atoms with Crippen LogP contribution in [-0.4, -0.2) is 35.7 Å². The van der Waals surface area contributed by atoms with E-state index in [-0.39, 0.29) is 0 Å². The molecule has 0 radical (unpaired) electrons. The van der Waals surface area contributed by atoms with Gasteiger partial charge in [0.15, 0.2) is 0 Å². The van der Waals surface area contributed by atoms with Gasteiger partial charge in [0.25, 0.3) is 0 Å². The smallest absolute Gasteiger partial charge is 0.0638 e. The van der Waals surface area contributed by atoms with Crippen molar-refractivity contribution in [2.24, 2.45) is 5.92 Å². The molecular formula is C11H20N2O. The van der Waals surface area contributed by atoms with Gasteiger partial charge in [-0.25, -0.2) is 0 Å².